The third-order valence-electron chi connectivity index (χ3n) is 4.16. The van der Waals surface area contributed by atoms with Crippen LogP contribution in [0.4, 0.5) is 0 Å². The van der Waals surface area contributed by atoms with Gasteiger partial charge in [0.25, 0.3) is 0 Å². The summed E-state index contributed by atoms with van der Waals surface area (Å²) in [5, 5.41) is 9.46. The van der Waals surface area contributed by atoms with Crippen LogP contribution in [-0.4, -0.2) is 33.4 Å². The quantitative estimate of drug-likeness (QED) is 0.582. The summed E-state index contributed by atoms with van der Waals surface area (Å²) < 4.78 is 7.23. The van der Waals surface area contributed by atoms with E-state index in [0.717, 1.165) is 22.8 Å². The molecule has 3 rings (SSSR count). The minimum absolute atomic E-state index is 0.182. The Kier molecular flexibility index (Phi) is 5.65. The Morgan fingerprint density at radius 2 is 1.70 bits per heavy atom. The fraction of sp³-hybridized carbons (Fsp3) is 0.286. The van der Waals surface area contributed by atoms with E-state index in [0.29, 0.717) is 10.9 Å². The molecular formula is C21H23N3O2S. The van der Waals surface area contributed by atoms with Crippen molar-refractivity contribution >= 4 is 17.5 Å². The predicted molar refractivity (Wildman–Crippen MR) is 109 cm³/mol. The topological polar surface area (TPSA) is 57.0 Å². The van der Waals surface area contributed by atoms with Crippen molar-refractivity contribution in [3.05, 3.63) is 54.6 Å². The first kappa shape index (κ1) is 19.2. The molecule has 0 radical (unpaired) electrons. The number of carbonyl (C=O) groups is 1. The molecule has 0 aliphatic carbocycles. The highest BCUT2D eigenvalue weighted by molar-refractivity contribution is 7.99. The highest BCUT2D eigenvalue weighted by atomic mass is 32.2. The van der Waals surface area contributed by atoms with E-state index in [-0.39, 0.29) is 11.2 Å². The second-order valence-electron chi connectivity index (χ2n) is 7.17. The number of hydrogen-bond donors (Lipinski definition) is 0. The van der Waals surface area contributed by atoms with Gasteiger partial charge in [0, 0.05) is 16.7 Å². The number of carbonyl (C=O) groups excluding carboxylic acids is 1. The van der Waals surface area contributed by atoms with Crippen LogP contribution in [0.3, 0.4) is 0 Å². The number of aromatic nitrogens is 3. The average Bonchev–Trinajstić information content (AvgIpc) is 3.10. The molecule has 0 saturated heterocycles. The number of benzene rings is 2. The van der Waals surface area contributed by atoms with Crippen LogP contribution in [0.15, 0.2) is 59.8 Å². The largest absolute Gasteiger partial charge is 0.497 e. The maximum absolute atomic E-state index is 12.3. The molecule has 6 heteroatoms. The number of hydrogen-bond acceptors (Lipinski definition) is 5. The number of thioether (sulfide) groups is 1. The van der Waals surface area contributed by atoms with Crippen molar-refractivity contribution < 1.29 is 9.53 Å². The first-order valence-electron chi connectivity index (χ1n) is 8.71. The van der Waals surface area contributed by atoms with E-state index in [1.807, 2.05) is 79.9 Å². The Morgan fingerprint density at radius 3 is 2.30 bits per heavy atom. The molecule has 0 bridgehead atoms. The minimum atomic E-state index is -0.372. The number of methoxy groups -OCH3 is 1. The second kappa shape index (κ2) is 7.96. The molecule has 0 unspecified atom stereocenters. The molecule has 0 aliphatic rings. The molecule has 3 aromatic rings. The Hall–Kier alpha value is -2.60. The number of Topliss-reactive ketones (excluding diaryl/α,β-unsaturated/α-hetero) is 1. The van der Waals surface area contributed by atoms with Crippen LogP contribution in [0.25, 0.3) is 17.1 Å². The van der Waals surface area contributed by atoms with E-state index in [1.165, 1.54) is 11.8 Å². The van der Waals surface area contributed by atoms with Gasteiger partial charge in [0.05, 0.1) is 12.9 Å². The summed E-state index contributed by atoms with van der Waals surface area (Å²) in [6, 6.07) is 17.6. The van der Waals surface area contributed by atoms with Crippen molar-refractivity contribution in [1.82, 2.24) is 14.8 Å². The highest BCUT2D eigenvalue weighted by Crippen LogP contribution is 2.30. The first-order chi connectivity index (χ1) is 12.9. The van der Waals surface area contributed by atoms with Crippen molar-refractivity contribution in [2.24, 2.45) is 5.41 Å². The fourth-order valence-electron chi connectivity index (χ4n) is 2.45. The van der Waals surface area contributed by atoms with Gasteiger partial charge in [0.15, 0.2) is 11.0 Å². The summed E-state index contributed by atoms with van der Waals surface area (Å²) in [4.78, 5) is 12.3. The van der Waals surface area contributed by atoms with E-state index in [1.54, 1.807) is 7.11 Å². The lowest BCUT2D eigenvalue weighted by Gasteiger charge is -2.16. The molecule has 0 aliphatic heterocycles. The zero-order chi connectivity index (χ0) is 19.4. The van der Waals surface area contributed by atoms with Crippen LogP contribution in [0.1, 0.15) is 20.8 Å². The maximum Gasteiger partial charge on any atom is 0.196 e. The molecule has 0 saturated carbocycles. The average molecular weight is 382 g/mol. The van der Waals surface area contributed by atoms with Crippen LogP contribution < -0.4 is 4.74 Å². The molecule has 5 nitrogen and oxygen atoms in total. The molecule has 0 amide bonds. The molecule has 0 fully saturated rings. The summed E-state index contributed by atoms with van der Waals surface area (Å²) in [6.07, 6.45) is 0. The van der Waals surface area contributed by atoms with Gasteiger partial charge in [-0.1, -0.05) is 50.7 Å². The van der Waals surface area contributed by atoms with Gasteiger partial charge in [0.2, 0.25) is 0 Å². The van der Waals surface area contributed by atoms with Gasteiger partial charge in [-0.15, -0.1) is 10.2 Å². The molecule has 1 aromatic heterocycles. The Bertz CT molecular complexity index is 913. The lowest BCUT2D eigenvalue weighted by Crippen LogP contribution is -2.22. The van der Waals surface area contributed by atoms with E-state index in [4.69, 9.17) is 4.74 Å². The fourth-order valence-corrected chi connectivity index (χ4v) is 3.56. The smallest absolute Gasteiger partial charge is 0.196 e. The van der Waals surface area contributed by atoms with Crippen molar-refractivity contribution in [1.29, 1.82) is 0 Å². The van der Waals surface area contributed by atoms with Crippen LogP contribution in [-0.2, 0) is 4.79 Å². The molecule has 2 aromatic carbocycles. The molecule has 0 N–H and O–H groups in total. The Balaban J connectivity index is 1.99. The summed E-state index contributed by atoms with van der Waals surface area (Å²) in [5.74, 6) is 2.06. The third kappa shape index (κ3) is 4.39. The van der Waals surface area contributed by atoms with Gasteiger partial charge < -0.3 is 4.74 Å². The molecule has 27 heavy (non-hydrogen) atoms. The van der Waals surface area contributed by atoms with Crippen molar-refractivity contribution in [2.45, 2.75) is 25.9 Å². The number of nitrogens with zero attached hydrogens (tertiary/aromatic N) is 3. The molecule has 1 heterocycles. The minimum Gasteiger partial charge on any atom is -0.497 e. The summed E-state index contributed by atoms with van der Waals surface area (Å²) >= 11 is 1.42. The van der Waals surface area contributed by atoms with Gasteiger partial charge in [-0.05, 0) is 36.4 Å². The van der Waals surface area contributed by atoms with Crippen LogP contribution in [0.2, 0.25) is 0 Å². The molecular weight excluding hydrogens is 358 g/mol. The molecule has 0 spiro atoms. The molecule has 0 atom stereocenters. The summed E-state index contributed by atoms with van der Waals surface area (Å²) in [7, 11) is 1.64. The number of ether oxygens (including phenoxy) is 1. The predicted octanol–water partition coefficient (Wildman–Crippen LogP) is 4.65. The van der Waals surface area contributed by atoms with Gasteiger partial charge in [0.1, 0.15) is 11.5 Å². The van der Waals surface area contributed by atoms with Crippen LogP contribution >= 0.6 is 11.8 Å². The maximum atomic E-state index is 12.3. The Labute approximate surface area is 163 Å². The lowest BCUT2D eigenvalue weighted by molar-refractivity contribution is -0.123. The van der Waals surface area contributed by atoms with Gasteiger partial charge >= 0.3 is 0 Å². The van der Waals surface area contributed by atoms with E-state index >= 15 is 0 Å². The normalized spacial score (nSPS) is 11.4. The monoisotopic (exact) mass is 381 g/mol. The van der Waals surface area contributed by atoms with Crippen LogP contribution in [0.5, 0.6) is 5.75 Å². The third-order valence-corrected chi connectivity index (χ3v) is 5.09. The van der Waals surface area contributed by atoms with Crippen molar-refractivity contribution in [2.75, 3.05) is 12.9 Å². The zero-order valence-corrected chi connectivity index (χ0v) is 16.8. The van der Waals surface area contributed by atoms with Crippen LogP contribution in [0, 0.1) is 5.41 Å². The van der Waals surface area contributed by atoms with E-state index in [2.05, 4.69) is 10.2 Å². The van der Waals surface area contributed by atoms with Gasteiger partial charge in [-0.25, -0.2) is 0 Å². The van der Waals surface area contributed by atoms with Gasteiger partial charge in [-0.3, -0.25) is 9.36 Å². The SMILES string of the molecule is COc1ccc(-c2nnc(SCC(=O)C(C)(C)C)n2-c2ccccc2)cc1. The number of ketones is 1. The van der Waals surface area contributed by atoms with Crippen molar-refractivity contribution in [3.8, 4) is 22.8 Å². The van der Waals surface area contributed by atoms with E-state index in [9.17, 15) is 4.79 Å². The standard InChI is InChI=1S/C21H23N3O2S/c1-21(2,3)18(25)14-27-20-23-22-19(15-10-12-17(26-4)13-11-15)24(20)16-8-6-5-7-9-16/h5-13H,14H2,1-4H3. The van der Waals surface area contributed by atoms with E-state index < -0.39 is 0 Å². The summed E-state index contributed by atoms with van der Waals surface area (Å²) in [6.45, 7) is 5.79. The zero-order valence-electron chi connectivity index (χ0n) is 16.0. The lowest BCUT2D eigenvalue weighted by atomic mass is 9.92. The first-order valence-corrected chi connectivity index (χ1v) is 9.70. The Morgan fingerprint density at radius 1 is 1.04 bits per heavy atom. The second-order valence-corrected chi connectivity index (χ2v) is 8.11. The number of rotatable bonds is 6. The van der Waals surface area contributed by atoms with Crippen molar-refractivity contribution in [3.63, 3.8) is 0 Å². The molecule has 140 valence electrons. The number of para-hydroxylation sites is 1. The highest BCUT2D eigenvalue weighted by Gasteiger charge is 2.23. The summed E-state index contributed by atoms with van der Waals surface area (Å²) in [5.41, 5.74) is 1.52. The van der Waals surface area contributed by atoms with Gasteiger partial charge in [-0.2, -0.15) is 0 Å².